The van der Waals surface area contributed by atoms with Crippen molar-refractivity contribution in [3.05, 3.63) is 80.9 Å². The monoisotopic (exact) mass is 494 g/mol. The summed E-state index contributed by atoms with van der Waals surface area (Å²) in [5.41, 5.74) is 2.60. The number of thioether (sulfide) groups is 1. The number of furan rings is 1. The predicted molar refractivity (Wildman–Crippen MR) is 131 cm³/mol. The van der Waals surface area contributed by atoms with E-state index in [0.29, 0.717) is 30.8 Å². The second-order valence-corrected chi connectivity index (χ2v) is 10.3. The maximum atomic E-state index is 12.3. The maximum Gasteiger partial charge on any atom is 0.270 e. The van der Waals surface area contributed by atoms with E-state index < -0.39 is 4.92 Å². The van der Waals surface area contributed by atoms with Gasteiger partial charge in [-0.1, -0.05) is 12.1 Å². The average molecular weight is 495 g/mol. The first-order valence-corrected chi connectivity index (χ1v) is 12.1. The number of carbonyl (C=O) groups excluding carboxylic acids is 1. The predicted octanol–water partition coefficient (Wildman–Crippen LogP) is 6.15. The van der Waals surface area contributed by atoms with Crippen LogP contribution in [0.5, 0.6) is 0 Å². The van der Waals surface area contributed by atoms with Crippen LogP contribution in [0.15, 0.2) is 78.3 Å². The molecule has 2 aromatic carbocycles. The number of amidine groups is 1. The number of nitro benzene ring substituents is 1. The summed E-state index contributed by atoms with van der Waals surface area (Å²) >= 11 is 3.93. The molecule has 1 aliphatic rings. The zero-order valence-corrected chi connectivity index (χ0v) is 19.4. The van der Waals surface area contributed by atoms with E-state index in [-0.39, 0.29) is 11.6 Å². The zero-order chi connectivity index (χ0) is 22.9. The van der Waals surface area contributed by atoms with E-state index in [0.717, 1.165) is 16.0 Å². The van der Waals surface area contributed by atoms with Crippen molar-refractivity contribution in [2.45, 2.75) is 16.4 Å². The Morgan fingerprint density at radius 1 is 1.21 bits per heavy atom. The molecule has 4 aromatic rings. The van der Waals surface area contributed by atoms with Gasteiger partial charge in [-0.25, -0.2) is 9.98 Å². The maximum absolute atomic E-state index is 12.3. The minimum atomic E-state index is -0.424. The number of nitrogens with one attached hydrogen (secondary N) is 1. The molecule has 1 amide bonds. The zero-order valence-electron chi connectivity index (χ0n) is 17.0. The molecule has 8 nitrogen and oxygen atoms in total. The van der Waals surface area contributed by atoms with Gasteiger partial charge in [0.1, 0.15) is 5.76 Å². The van der Waals surface area contributed by atoms with Crippen LogP contribution >= 0.6 is 34.9 Å². The number of carbonyl (C=O) groups is 1. The Morgan fingerprint density at radius 3 is 2.91 bits per heavy atom. The Kier molecular flexibility index (Phi) is 5.75. The van der Waals surface area contributed by atoms with Gasteiger partial charge in [-0.15, -0.1) is 11.3 Å². The standard InChI is InChI=1S/C22H14N4O4S3/c1-12-3-2-4-13(9-12)23-21-25-20(27)18(31-21)11-15-6-8-19(30-15)33-22-24-16-7-5-14(26(28)29)10-17(16)32-22/h2-11H,1H3,(H,23,25,27)/b18-11-. The number of benzene rings is 2. The van der Waals surface area contributed by atoms with Gasteiger partial charge in [0, 0.05) is 18.2 Å². The smallest absolute Gasteiger partial charge is 0.270 e. The number of hydrogen-bond donors (Lipinski definition) is 1. The summed E-state index contributed by atoms with van der Waals surface area (Å²) in [5, 5.41) is 14.9. The molecule has 0 spiro atoms. The molecule has 3 heterocycles. The molecule has 1 aliphatic heterocycles. The van der Waals surface area contributed by atoms with E-state index in [2.05, 4.69) is 15.3 Å². The molecule has 0 atom stereocenters. The van der Waals surface area contributed by atoms with Crippen LogP contribution in [0, 0.1) is 17.0 Å². The SMILES string of the molecule is Cc1cccc(N=C2NC(=O)/C(=C/c3ccc(Sc4nc5ccc([N+](=O)[O-])cc5s4)o3)S2)c1. The van der Waals surface area contributed by atoms with Crippen molar-refractivity contribution in [2.75, 3.05) is 0 Å². The first-order valence-electron chi connectivity index (χ1n) is 9.62. The van der Waals surface area contributed by atoms with Crippen molar-refractivity contribution in [1.29, 1.82) is 0 Å². The van der Waals surface area contributed by atoms with Crippen molar-refractivity contribution in [3.63, 3.8) is 0 Å². The van der Waals surface area contributed by atoms with Crippen molar-refractivity contribution >= 4 is 73.6 Å². The highest BCUT2D eigenvalue weighted by Gasteiger charge is 2.24. The number of hydrogen-bond acceptors (Lipinski definition) is 9. The van der Waals surface area contributed by atoms with E-state index in [9.17, 15) is 14.9 Å². The molecule has 0 saturated carbocycles. The minimum absolute atomic E-state index is 0.0345. The van der Waals surface area contributed by atoms with E-state index in [1.54, 1.807) is 24.3 Å². The summed E-state index contributed by atoms with van der Waals surface area (Å²) in [7, 11) is 0. The van der Waals surface area contributed by atoms with Crippen LogP contribution in [-0.2, 0) is 4.79 Å². The number of nitrogens with zero attached hydrogens (tertiary/aromatic N) is 3. The Morgan fingerprint density at radius 2 is 2.09 bits per heavy atom. The summed E-state index contributed by atoms with van der Waals surface area (Å²) < 4.78 is 7.28. The van der Waals surface area contributed by atoms with Crippen molar-refractivity contribution in [1.82, 2.24) is 10.3 Å². The molecule has 33 heavy (non-hydrogen) atoms. The largest absolute Gasteiger partial charge is 0.450 e. The fourth-order valence-electron chi connectivity index (χ4n) is 3.03. The lowest BCUT2D eigenvalue weighted by molar-refractivity contribution is -0.384. The third-order valence-corrected chi connectivity index (χ3v) is 7.42. The summed E-state index contributed by atoms with van der Waals surface area (Å²) in [4.78, 5) is 32.3. The van der Waals surface area contributed by atoms with Gasteiger partial charge in [0.05, 0.1) is 25.7 Å². The molecular formula is C22H14N4O4S3. The number of rotatable bonds is 5. The second-order valence-electron chi connectivity index (χ2n) is 6.97. The molecule has 0 aliphatic carbocycles. The summed E-state index contributed by atoms with van der Waals surface area (Å²) in [6.45, 7) is 1.99. The van der Waals surface area contributed by atoms with Crippen LogP contribution in [-0.4, -0.2) is 21.0 Å². The second kappa shape index (κ2) is 8.85. The van der Waals surface area contributed by atoms with Crippen LogP contribution in [0.25, 0.3) is 16.3 Å². The van der Waals surface area contributed by atoms with E-state index in [4.69, 9.17) is 4.42 Å². The van der Waals surface area contributed by atoms with Gasteiger partial charge in [0.15, 0.2) is 14.6 Å². The average Bonchev–Trinajstić information content (AvgIpc) is 3.47. The number of aromatic nitrogens is 1. The van der Waals surface area contributed by atoms with Gasteiger partial charge in [0.25, 0.3) is 11.6 Å². The number of aryl methyl sites for hydroxylation is 1. The van der Waals surface area contributed by atoms with Crippen LogP contribution < -0.4 is 5.32 Å². The fraction of sp³-hybridized carbons (Fsp3) is 0.0455. The number of non-ortho nitro benzene ring substituents is 1. The topological polar surface area (TPSA) is 111 Å². The highest BCUT2D eigenvalue weighted by molar-refractivity contribution is 8.18. The summed E-state index contributed by atoms with van der Waals surface area (Å²) in [6, 6.07) is 15.9. The highest BCUT2D eigenvalue weighted by Crippen LogP contribution is 2.37. The van der Waals surface area contributed by atoms with Gasteiger partial charge in [-0.3, -0.25) is 14.9 Å². The van der Waals surface area contributed by atoms with Crippen LogP contribution in [0.2, 0.25) is 0 Å². The van der Waals surface area contributed by atoms with Gasteiger partial charge >= 0.3 is 0 Å². The van der Waals surface area contributed by atoms with Crippen LogP contribution in [0.1, 0.15) is 11.3 Å². The fourth-order valence-corrected chi connectivity index (χ4v) is 5.85. The highest BCUT2D eigenvalue weighted by atomic mass is 32.2. The molecule has 0 bridgehead atoms. The Balaban J connectivity index is 1.31. The molecule has 5 rings (SSSR count). The first kappa shape index (κ1) is 21.4. The third kappa shape index (κ3) is 4.85. The molecular weight excluding hydrogens is 480 g/mol. The Hall–Kier alpha value is -3.41. The molecule has 2 aromatic heterocycles. The van der Waals surface area contributed by atoms with E-state index in [1.165, 1.54) is 47.0 Å². The molecule has 1 N–H and O–H groups in total. The van der Waals surface area contributed by atoms with Crippen LogP contribution in [0.4, 0.5) is 11.4 Å². The number of nitro groups is 1. The molecule has 164 valence electrons. The van der Waals surface area contributed by atoms with Crippen molar-refractivity contribution in [3.8, 4) is 0 Å². The van der Waals surface area contributed by atoms with Gasteiger partial charge in [0.2, 0.25) is 0 Å². The van der Waals surface area contributed by atoms with E-state index >= 15 is 0 Å². The summed E-state index contributed by atoms with van der Waals surface area (Å²) in [5.74, 6) is 0.300. The van der Waals surface area contributed by atoms with Crippen LogP contribution in [0.3, 0.4) is 0 Å². The Bertz CT molecular complexity index is 1470. The molecule has 1 fully saturated rings. The first-order chi connectivity index (χ1) is 15.9. The number of thiazole rings is 1. The third-order valence-electron chi connectivity index (χ3n) is 4.51. The van der Waals surface area contributed by atoms with Crippen molar-refractivity contribution in [2.24, 2.45) is 4.99 Å². The minimum Gasteiger partial charge on any atom is -0.450 e. The molecule has 0 unspecified atom stereocenters. The number of amides is 1. The molecule has 0 radical (unpaired) electrons. The lowest BCUT2D eigenvalue weighted by Gasteiger charge is -1.97. The lowest BCUT2D eigenvalue weighted by atomic mass is 10.2. The number of aliphatic imine (C=N–C) groups is 1. The summed E-state index contributed by atoms with van der Waals surface area (Å²) in [6.07, 6.45) is 1.67. The lowest BCUT2D eigenvalue weighted by Crippen LogP contribution is -2.19. The van der Waals surface area contributed by atoms with E-state index in [1.807, 2.05) is 31.2 Å². The Labute approximate surface area is 200 Å². The van der Waals surface area contributed by atoms with Crippen molar-refractivity contribution < 1.29 is 14.1 Å². The normalized spacial score (nSPS) is 16.1. The van der Waals surface area contributed by atoms with Gasteiger partial charge < -0.3 is 9.73 Å². The quantitative estimate of drug-likeness (QED) is 0.201. The number of fused-ring (bicyclic) bond motifs is 1. The van der Waals surface area contributed by atoms with Gasteiger partial charge in [-0.2, -0.15) is 0 Å². The van der Waals surface area contributed by atoms with Gasteiger partial charge in [-0.05, 0) is 66.3 Å². The molecule has 1 saturated heterocycles. The molecule has 11 heteroatoms.